The molecule has 1 aromatic rings. The molecule has 0 aliphatic rings. The van der Waals surface area contributed by atoms with Crippen molar-refractivity contribution in [2.75, 3.05) is 27.3 Å². The smallest absolute Gasteiger partial charge is 0.127 e. The number of hydrogen-bond acceptors (Lipinski definition) is 4. The van der Waals surface area contributed by atoms with Gasteiger partial charge in [-0.1, -0.05) is 13.8 Å². The Morgan fingerprint density at radius 2 is 1.58 bits per heavy atom. The number of rotatable bonds is 9. The molecule has 0 aliphatic heterocycles. The number of methoxy groups -OCH3 is 2. The van der Waals surface area contributed by atoms with E-state index in [2.05, 4.69) is 19.2 Å². The summed E-state index contributed by atoms with van der Waals surface area (Å²) in [6.45, 7) is 6.14. The molecule has 0 radical (unpaired) electrons. The molecule has 0 aliphatic carbocycles. The zero-order valence-corrected chi connectivity index (χ0v) is 12.4. The Morgan fingerprint density at radius 1 is 1.00 bits per heavy atom. The molecule has 1 aromatic carbocycles. The van der Waals surface area contributed by atoms with Crippen LogP contribution in [0.1, 0.15) is 26.7 Å². The van der Waals surface area contributed by atoms with Crippen molar-refractivity contribution in [1.29, 1.82) is 0 Å². The molecule has 1 atom stereocenters. The van der Waals surface area contributed by atoms with Gasteiger partial charge in [0.1, 0.15) is 23.4 Å². The third-order valence-electron chi connectivity index (χ3n) is 2.88. The second kappa shape index (κ2) is 8.64. The second-order valence-electron chi connectivity index (χ2n) is 4.40. The minimum Gasteiger partial charge on any atom is -0.496 e. The van der Waals surface area contributed by atoms with E-state index in [1.54, 1.807) is 14.2 Å². The maximum Gasteiger partial charge on any atom is 0.127 e. The van der Waals surface area contributed by atoms with Crippen LogP contribution in [0.3, 0.4) is 0 Å². The first-order valence-corrected chi connectivity index (χ1v) is 6.83. The molecule has 0 spiro atoms. The van der Waals surface area contributed by atoms with E-state index in [0.29, 0.717) is 0 Å². The average Bonchev–Trinajstić information content (AvgIpc) is 2.45. The summed E-state index contributed by atoms with van der Waals surface area (Å²) in [7, 11) is 3.28. The van der Waals surface area contributed by atoms with Gasteiger partial charge in [0.15, 0.2) is 0 Å². The minimum absolute atomic E-state index is 0.156. The Kier molecular flexibility index (Phi) is 7.11. The maximum atomic E-state index is 5.97. The van der Waals surface area contributed by atoms with Gasteiger partial charge in [-0.3, -0.25) is 0 Å². The van der Waals surface area contributed by atoms with Crippen LogP contribution < -0.4 is 19.5 Å². The topological polar surface area (TPSA) is 39.7 Å². The maximum absolute atomic E-state index is 5.97. The minimum atomic E-state index is 0.156. The molecule has 0 aromatic heterocycles. The van der Waals surface area contributed by atoms with Crippen LogP contribution in [-0.2, 0) is 0 Å². The number of hydrogen-bond donors (Lipinski definition) is 1. The van der Waals surface area contributed by atoms with Crippen molar-refractivity contribution in [2.24, 2.45) is 0 Å². The lowest BCUT2D eigenvalue weighted by atomic mass is 10.2. The average molecular weight is 267 g/mol. The van der Waals surface area contributed by atoms with Crippen molar-refractivity contribution >= 4 is 0 Å². The van der Waals surface area contributed by atoms with E-state index in [1.807, 2.05) is 18.2 Å². The van der Waals surface area contributed by atoms with Crippen molar-refractivity contribution in [1.82, 2.24) is 5.32 Å². The Labute approximate surface area is 116 Å². The first-order chi connectivity index (χ1) is 9.23. The van der Waals surface area contributed by atoms with E-state index in [1.165, 1.54) is 0 Å². The fraction of sp³-hybridized carbons (Fsp3) is 0.600. The van der Waals surface area contributed by atoms with Crippen LogP contribution in [0.5, 0.6) is 17.2 Å². The molecule has 0 amide bonds. The predicted molar refractivity (Wildman–Crippen MR) is 77.4 cm³/mol. The first kappa shape index (κ1) is 15.6. The molecule has 1 N–H and O–H groups in total. The molecule has 4 nitrogen and oxygen atoms in total. The summed E-state index contributed by atoms with van der Waals surface area (Å²) in [4.78, 5) is 0. The van der Waals surface area contributed by atoms with Crippen LogP contribution in [0.15, 0.2) is 18.2 Å². The highest BCUT2D eigenvalue weighted by atomic mass is 16.5. The zero-order chi connectivity index (χ0) is 14.1. The number of ether oxygens (including phenoxy) is 3. The fourth-order valence-corrected chi connectivity index (χ4v) is 1.75. The molecule has 108 valence electrons. The van der Waals surface area contributed by atoms with Gasteiger partial charge >= 0.3 is 0 Å². The summed E-state index contributed by atoms with van der Waals surface area (Å²) in [5, 5.41) is 3.38. The lowest BCUT2D eigenvalue weighted by molar-refractivity contribution is 0.192. The van der Waals surface area contributed by atoms with Crippen LogP contribution in [0.4, 0.5) is 0 Å². The van der Waals surface area contributed by atoms with E-state index in [-0.39, 0.29) is 6.10 Å². The number of benzene rings is 1. The Balaban J connectivity index is 2.67. The molecule has 0 heterocycles. The SMILES string of the molecule is CCCNCC(CC)Oc1cc(OC)cc(OC)c1. The van der Waals surface area contributed by atoms with Gasteiger partial charge in [-0.15, -0.1) is 0 Å². The predicted octanol–water partition coefficient (Wildman–Crippen LogP) is 2.86. The Bertz CT molecular complexity index is 346. The van der Waals surface area contributed by atoms with E-state index >= 15 is 0 Å². The summed E-state index contributed by atoms with van der Waals surface area (Å²) in [5.41, 5.74) is 0. The highest BCUT2D eigenvalue weighted by Crippen LogP contribution is 2.28. The standard InChI is InChI=1S/C15H25NO3/c1-5-7-16-11-12(6-2)19-15-9-13(17-3)8-14(10-15)18-4/h8-10,12,16H,5-7,11H2,1-4H3. The van der Waals surface area contributed by atoms with Crippen molar-refractivity contribution in [3.63, 3.8) is 0 Å². The molecule has 0 bridgehead atoms. The van der Waals surface area contributed by atoms with Crippen molar-refractivity contribution in [3.8, 4) is 17.2 Å². The number of nitrogens with one attached hydrogen (secondary N) is 1. The highest BCUT2D eigenvalue weighted by Gasteiger charge is 2.10. The normalized spacial score (nSPS) is 12.0. The van der Waals surface area contributed by atoms with Crippen LogP contribution in [0.2, 0.25) is 0 Å². The zero-order valence-electron chi connectivity index (χ0n) is 12.4. The quantitative estimate of drug-likeness (QED) is 0.698. The molecule has 1 rings (SSSR count). The van der Waals surface area contributed by atoms with E-state index in [9.17, 15) is 0 Å². The van der Waals surface area contributed by atoms with Gasteiger partial charge < -0.3 is 19.5 Å². The van der Waals surface area contributed by atoms with Gasteiger partial charge in [-0.05, 0) is 19.4 Å². The molecule has 4 heteroatoms. The summed E-state index contributed by atoms with van der Waals surface area (Å²) in [6, 6.07) is 5.60. The molecule has 0 saturated heterocycles. The Morgan fingerprint density at radius 3 is 2.05 bits per heavy atom. The third kappa shape index (κ3) is 5.39. The van der Waals surface area contributed by atoms with Gasteiger partial charge in [0.25, 0.3) is 0 Å². The largest absolute Gasteiger partial charge is 0.496 e. The Hall–Kier alpha value is -1.42. The van der Waals surface area contributed by atoms with E-state index in [4.69, 9.17) is 14.2 Å². The van der Waals surface area contributed by atoms with E-state index < -0.39 is 0 Å². The highest BCUT2D eigenvalue weighted by molar-refractivity contribution is 5.42. The summed E-state index contributed by atoms with van der Waals surface area (Å²) >= 11 is 0. The third-order valence-corrected chi connectivity index (χ3v) is 2.88. The van der Waals surface area contributed by atoms with Crippen LogP contribution in [0.25, 0.3) is 0 Å². The first-order valence-electron chi connectivity index (χ1n) is 6.83. The summed E-state index contributed by atoms with van der Waals surface area (Å²) in [6.07, 6.45) is 2.24. The molecule has 0 saturated carbocycles. The van der Waals surface area contributed by atoms with Crippen molar-refractivity contribution in [2.45, 2.75) is 32.8 Å². The molecular weight excluding hydrogens is 242 g/mol. The van der Waals surface area contributed by atoms with Crippen LogP contribution in [-0.4, -0.2) is 33.4 Å². The van der Waals surface area contributed by atoms with Crippen molar-refractivity contribution < 1.29 is 14.2 Å². The van der Waals surface area contributed by atoms with Gasteiger partial charge in [0.2, 0.25) is 0 Å². The lowest BCUT2D eigenvalue weighted by Gasteiger charge is -2.19. The van der Waals surface area contributed by atoms with Crippen LogP contribution >= 0.6 is 0 Å². The van der Waals surface area contributed by atoms with Gasteiger partial charge in [-0.2, -0.15) is 0 Å². The summed E-state index contributed by atoms with van der Waals surface area (Å²) < 4.78 is 16.4. The van der Waals surface area contributed by atoms with Gasteiger partial charge in [0.05, 0.1) is 14.2 Å². The lowest BCUT2D eigenvalue weighted by Crippen LogP contribution is -2.31. The molecule has 0 fully saturated rings. The molecule has 19 heavy (non-hydrogen) atoms. The fourth-order valence-electron chi connectivity index (χ4n) is 1.75. The van der Waals surface area contributed by atoms with Gasteiger partial charge in [0, 0.05) is 24.7 Å². The van der Waals surface area contributed by atoms with Crippen LogP contribution in [0, 0.1) is 0 Å². The van der Waals surface area contributed by atoms with Crippen molar-refractivity contribution in [3.05, 3.63) is 18.2 Å². The monoisotopic (exact) mass is 267 g/mol. The van der Waals surface area contributed by atoms with Gasteiger partial charge in [-0.25, -0.2) is 0 Å². The summed E-state index contributed by atoms with van der Waals surface area (Å²) in [5.74, 6) is 2.26. The molecule has 1 unspecified atom stereocenters. The molecular formula is C15H25NO3. The second-order valence-corrected chi connectivity index (χ2v) is 4.40. The van der Waals surface area contributed by atoms with E-state index in [0.717, 1.165) is 43.2 Å².